The molecule has 0 rings (SSSR count). The van der Waals surface area contributed by atoms with E-state index in [0.29, 0.717) is 13.2 Å². The molecule has 0 aliphatic heterocycles. The highest BCUT2D eigenvalue weighted by Crippen LogP contribution is 1.92. The molecule has 0 aliphatic carbocycles. The lowest BCUT2D eigenvalue weighted by Crippen LogP contribution is -2.13. The Bertz CT molecular complexity index is 107. The number of hydrogen-bond donors (Lipinski definition) is 3. The summed E-state index contributed by atoms with van der Waals surface area (Å²) in [4.78, 5) is 0. The first-order chi connectivity index (χ1) is 7.72. The summed E-state index contributed by atoms with van der Waals surface area (Å²) in [5, 5.41) is 24.7. The van der Waals surface area contributed by atoms with Crippen LogP contribution in [0.5, 0.6) is 0 Å². The van der Waals surface area contributed by atoms with Crippen molar-refractivity contribution in [1.82, 2.24) is 0 Å². The van der Waals surface area contributed by atoms with E-state index in [1.807, 2.05) is 6.92 Å². The first-order valence-electron chi connectivity index (χ1n) is 5.74. The monoisotopic (exact) mass is 238 g/mol. The van der Waals surface area contributed by atoms with Crippen molar-refractivity contribution in [3.63, 3.8) is 0 Å². The first-order valence-corrected chi connectivity index (χ1v) is 5.74. The minimum atomic E-state index is 0.0107. The van der Waals surface area contributed by atoms with Gasteiger partial charge in [0.1, 0.15) is 0 Å². The van der Waals surface area contributed by atoms with E-state index in [4.69, 9.17) is 20.1 Å². The zero-order valence-corrected chi connectivity index (χ0v) is 10.4. The van der Waals surface area contributed by atoms with Crippen LogP contribution in [-0.4, -0.2) is 61.1 Å². The Hall–Kier alpha value is -0.200. The fourth-order valence-corrected chi connectivity index (χ4v) is 0.713. The van der Waals surface area contributed by atoms with Crippen LogP contribution < -0.4 is 0 Å². The summed E-state index contributed by atoms with van der Waals surface area (Å²) in [7, 11) is 0. The molecule has 3 N–H and O–H groups in total. The highest BCUT2D eigenvalue weighted by Gasteiger charge is 1.96. The van der Waals surface area contributed by atoms with Gasteiger partial charge in [0.2, 0.25) is 0 Å². The van der Waals surface area contributed by atoms with Crippen molar-refractivity contribution >= 4 is 0 Å². The van der Waals surface area contributed by atoms with Gasteiger partial charge in [-0.05, 0) is 13.3 Å². The fourth-order valence-electron chi connectivity index (χ4n) is 0.713. The van der Waals surface area contributed by atoms with Gasteiger partial charge in [0.25, 0.3) is 0 Å². The summed E-state index contributed by atoms with van der Waals surface area (Å²) >= 11 is 0. The van der Waals surface area contributed by atoms with Crippen molar-refractivity contribution in [3.8, 4) is 0 Å². The average molecular weight is 238 g/mol. The van der Waals surface area contributed by atoms with Crippen LogP contribution in [0.3, 0.4) is 0 Å². The van der Waals surface area contributed by atoms with Gasteiger partial charge in [0, 0.05) is 6.61 Å². The molecule has 0 spiro atoms. The molecule has 0 aromatic heterocycles. The summed E-state index contributed by atoms with van der Waals surface area (Å²) < 4.78 is 9.81. The summed E-state index contributed by atoms with van der Waals surface area (Å²) in [6.45, 7) is 5.59. The molecule has 0 aromatic rings. The van der Waals surface area contributed by atoms with E-state index < -0.39 is 0 Å². The maximum Gasteiger partial charge on any atom is 0.0777 e. The number of ether oxygens (including phenoxy) is 2. The largest absolute Gasteiger partial charge is 0.394 e. The normalized spacial score (nSPS) is 11.8. The van der Waals surface area contributed by atoms with E-state index in [-0.39, 0.29) is 25.9 Å². The lowest BCUT2D eigenvalue weighted by molar-refractivity contribution is 0.0237. The van der Waals surface area contributed by atoms with Gasteiger partial charge in [-0.25, -0.2) is 0 Å². The molecule has 0 fully saturated rings. The first kappa shape index (κ1) is 18.2. The Kier molecular flexibility index (Phi) is 19.5. The van der Waals surface area contributed by atoms with Crippen LogP contribution >= 0.6 is 0 Å². The molecule has 0 heterocycles. The molecule has 1 atom stereocenters. The molecule has 0 aromatic carbocycles. The third-order valence-corrected chi connectivity index (χ3v) is 1.63. The van der Waals surface area contributed by atoms with Crippen molar-refractivity contribution in [2.75, 3.05) is 39.6 Å². The van der Waals surface area contributed by atoms with Crippen molar-refractivity contribution in [2.45, 2.75) is 32.8 Å². The maximum absolute atomic E-state index is 8.51. The van der Waals surface area contributed by atoms with Crippen LogP contribution in [0.2, 0.25) is 0 Å². The van der Waals surface area contributed by atoms with E-state index >= 15 is 0 Å². The van der Waals surface area contributed by atoms with Gasteiger partial charge in [-0.3, -0.25) is 0 Å². The lowest BCUT2D eigenvalue weighted by Gasteiger charge is -2.07. The van der Waals surface area contributed by atoms with Crippen LogP contribution in [0.25, 0.3) is 0 Å². The van der Waals surface area contributed by atoms with Crippen LogP contribution in [0.1, 0.15) is 26.7 Å². The topological polar surface area (TPSA) is 79.2 Å². The summed E-state index contributed by atoms with van der Waals surface area (Å²) in [5.41, 5.74) is 0. The minimum Gasteiger partial charge on any atom is -0.394 e. The molecule has 100 valence electrons. The highest BCUT2D eigenvalue weighted by atomic mass is 16.5. The molecule has 5 heteroatoms. The van der Waals surface area contributed by atoms with Crippen LogP contribution in [0, 0.1) is 0 Å². The molecule has 0 saturated heterocycles. The molecule has 0 aliphatic rings. The van der Waals surface area contributed by atoms with E-state index in [1.165, 1.54) is 0 Å². The van der Waals surface area contributed by atoms with E-state index in [1.54, 1.807) is 0 Å². The summed E-state index contributed by atoms with van der Waals surface area (Å²) in [6.07, 6.45) is 2.25. The van der Waals surface area contributed by atoms with Crippen molar-refractivity contribution in [2.24, 2.45) is 0 Å². The van der Waals surface area contributed by atoms with Gasteiger partial charge in [-0.15, -0.1) is 0 Å². The Balaban J connectivity index is 0. The molecular formula is C11H26O5. The predicted octanol–water partition coefficient (Wildman–Crippen LogP) is 0.171. The number of rotatable bonds is 9. The SMILES string of the molecule is CCCCOC(C)CO.OCCOCCO. The van der Waals surface area contributed by atoms with Gasteiger partial charge in [-0.2, -0.15) is 0 Å². The minimum absolute atomic E-state index is 0.0107. The van der Waals surface area contributed by atoms with Gasteiger partial charge in [-0.1, -0.05) is 13.3 Å². The zero-order valence-electron chi connectivity index (χ0n) is 10.4. The number of aliphatic hydroxyl groups is 3. The van der Waals surface area contributed by atoms with Gasteiger partial charge < -0.3 is 24.8 Å². The molecular weight excluding hydrogens is 212 g/mol. The Morgan fingerprint density at radius 2 is 1.56 bits per heavy atom. The van der Waals surface area contributed by atoms with Crippen LogP contribution in [-0.2, 0) is 9.47 Å². The standard InChI is InChI=1S/C7H16O2.C4H10O3/c1-3-4-5-9-7(2)6-8;5-1-3-7-4-2-6/h7-8H,3-6H2,1-2H3;5-6H,1-4H2. The summed E-state index contributed by atoms with van der Waals surface area (Å²) in [6, 6.07) is 0. The Morgan fingerprint density at radius 1 is 1.00 bits per heavy atom. The van der Waals surface area contributed by atoms with E-state index in [0.717, 1.165) is 19.4 Å². The third-order valence-electron chi connectivity index (χ3n) is 1.63. The molecule has 0 bridgehead atoms. The average Bonchev–Trinajstić information content (AvgIpc) is 2.31. The quantitative estimate of drug-likeness (QED) is 0.499. The zero-order chi connectivity index (χ0) is 12.6. The second kappa shape index (κ2) is 17.2. The second-order valence-corrected chi connectivity index (χ2v) is 3.28. The van der Waals surface area contributed by atoms with Gasteiger partial charge >= 0.3 is 0 Å². The van der Waals surface area contributed by atoms with Crippen molar-refractivity contribution in [3.05, 3.63) is 0 Å². The maximum atomic E-state index is 8.51. The summed E-state index contributed by atoms with van der Waals surface area (Å²) in [5.74, 6) is 0. The number of hydrogen-bond acceptors (Lipinski definition) is 5. The molecule has 16 heavy (non-hydrogen) atoms. The molecule has 1 unspecified atom stereocenters. The van der Waals surface area contributed by atoms with Gasteiger partial charge in [0.15, 0.2) is 0 Å². The van der Waals surface area contributed by atoms with Crippen LogP contribution in [0.4, 0.5) is 0 Å². The second-order valence-electron chi connectivity index (χ2n) is 3.28. The Morgan fingerprint density at radius 3 is 1.94 bits per heavy atom. The number of unbranched alkanes of at least 4 members (excludes halogenated alkanes) is 1. The fraction of sp³-hybridized carbons (Fsp3) is 1.00. The molecule has 0 radical (unpaired) electrons. The predicted molar refractivity (Wildman–Crippen MR) is 62.4 cm³/mol. The van der Waals surface area contributed by atoms with E-state index in [2.05, 4.69) is 11.7 Å². The molecule has 0 amide bonds. The van der Waals surface area contributed by atoms with Gasteiger partial charge in [0.05, 0.1) is 39.1 Å². The van der Waals surface area contributed by atoms with Crippen LogP contribution in [0.15, 0.2) is 0 Å². The lowest BCUT2D eigenvalue weighted by atomic mass is 10.3. The van der Waals surface area contributed by atoms with Crippen molar-refractivity contribution < 1.29 is 24.8 Å². The molecule has 5 nitrogen and oxygen atoms in total. The van der Waals surface area contributed by atoms with Crippen molar-refractivity contribution in [1.29, 1.82) is 0 Å². The smallest absolute Gasteiger partial charge is 0.0777 e. The number of aliphatic hydroxyl groups excluding tert-OH is 3. The highest BCUT2D eigenvalue weighted by molar-refractivity contribution is 4.43. The Labute approximate surface area is 98.0 Å². The van der Waals surface area contributed by atoms with E-state index in [9.17, 15) is 0 Å². The molecule has 0 saturated carbocycles. The third kappa shape index (κ3) is 19.4.